The smallest absolute Gasteiger partial charge is 0.0955 e. The van der Waals surface area contributed by atoms with Crippen LogP contribution in [-0.4, -0.2) is 9.55 Å². The van der Waals surface area contributed by atoms with E-state index in [-0.39, 0.29) is 0 Å². The highest BCUT2D eigenvalue weighted by atomic mass is 79.9. The molecular weight excluding hydrogens is 216 g/mol. The molecule has 0 spiro atoms. The van der Waals surface area contributed by atoms with Gasteiger partial charge < -0.3 is 4.57 Å². The molecule has 3 heteroatoms. The monoisotopic (exact) mass is 224 g/mol. The van der Waals surface area contributed by atoms with Gasteiger partial charge in [-0.2, -0.15) is 0 Å². The maximum Gasteiger partial charge on any atom is 0.0955 e. The SMILES string of the molecule is Cc1c(Br)ccc2ncn(C)c12. The maximum absolute atomic E-state index is 4.26. The summed E-state index contributed by atoms with van der Waals surface area (Å²) in [5.74, 6) is 0. The lowest BCUT2D eigenvalue weighted by Crippen LogP contribution is -1.87. The summed E-state index contributed by atoms with van der Waals surface area (Å²) in [4.78, 5) is 4.26. The van der Waals surface area contributed by atoms with E-state index >= 15 is 0 Å². The lowest BCUT2D eigenvalue weighted by Gasteiger charge is -2.01. The highest BCUT2D eigenvalue weighted by Crippen LogP contribution is 2.24. The number of imidazole rings is 1. The van der Waals surface area contributed by atoms with Gasteiger partial charge in [-0.05, 0) is 24.6 Å². The predicted octanol–water partition coefficient (Wildman–Crippen LogP) is 2.64. The van der Waals surface area contributed by atoms with E-state index in [4.69, 9.17) is 0 Å². The first-order valence-corrected chi connectivity index (χ1v) is 4.55. The molecule has 0 aliphatic rings. The van der Waals surface area contributed by atoms with Crippen LogP contribution in [0, 0.1) is 6.92 Å². The van der Waals surface area contributed by atoms with E-state index in [0.29, 0.717) is 0 Å². The first kappa shape index (κ1) is 7.80. The van der Waals surface area contributed by atoms with Crippen LogP contribution in [0.5, 0.6) is 0 Å². The molecule has 1 aromatic carbocycles. The average Bonchev–Trinajstić information content (AvgIpc) is 2.41. The maximum atomic E-state index is 4.26. The summed E-state index contributed by atoms with van der Waals surface area (Å²) in [5, 5.41) is 0. The van der Waals surface area contributed by atoms with Gasteiger partial charge in [0, 0.05) is 11.5 Å². The van der Waals surface area contributed by atoms with Crippen LogP contribution in [0.15, 0.2) is 22.9 Å². The van der Waals surface area contributed by atoms with Gasteiger partial charge in [0.2, 0.25) is 0 Å². The summed E-state index contributed by atoms with van der Waals surface area (Å²) < 4.78 is 3.17. The van der Waals surface area contributed by atoms with E-state index in [1.165, 1.54) is 11.1 Å². The summed E-state index contributed by atoms with van der Waals surface area (Å²) in [6.45, 7) is 2.09. The molecule has 0 N–H and O–H groups in total. The zero-order valence-electron chi connectivity index (χ0n) is 7.00. The van der Waals surface area contributed by atoms with E-state index in [9.17, 15) is 0 Å². The summed E-state index contributed by atoms with van der Waals surface area (Å²) in [6.07, 6.45) is 1.84. The van der Waals surface area contributed by atoms with E-state index in [2.05, 4.69) is 27.8 Å². The molecule has 0 aliphatic heterocycles. The fourth-order valence-corrected chi connectivity index (χ4v) is 1.74. The van der Waals surface area contributed by atoms with Crippen LogP contribution >= 0.6 is 15.9 Å². The molecular formula is C9H9BrN2. The van der Waals surface area contributed by atoms with Gasteiger partial charge >= 0.3 is 0 Å². The molecule has 0 amide bonds. The third-order valence-electron chi connectivity index (χ3n) is 2.07. The normalized spacial score (nSPS) is 10.9. The first-order chi connectivity index (χ1) is 5.70. The van der Waals surface area contributed by atoms with Gasteiger partial charge in [0.05, 0.1) is 17.4 Å². The molecule has 1 aromatic heterocycles. The van der Waals surface area contributed by atoms with Crippen molar-refractivity contribution in [3.63, 3.8) is 0 Å². The van der Waals surface area contributed by atoms with Crippen molar-refractivity contribution in [2.45, 2.75) is 6.92 Å². The van der Waals surface area contributed by atoms with Crippen LogP contribution in [0.4, 0.5) is 0 Å². The van der Waals surface area contributed by atoms with Gasteiger partial charge in [-0.15, -0.1) is 0 Å². The minimum Gasteiger partial charge on any atom is -0.333 e. The fourth-order valence-electron chi connectivity index (χ4n) is 1.42. The Balaban J connectivity index is 2.96. The van der Waals surface area contributed by atoms with Gasteiger partial charge in [-0.25, -0.2) is 4.98 Å². The van der Waals surface area contributed by atoms with Crippen LogP contribution in [-0.2, 0) is 7.05 Å². The zero-order valence-corrected chi connectivity index (χ0v) is 8.59. The highest BCUT2D eigenvalue weighted by molar-refractivity contribution is 9.10. The predicted molar refractivity (Wildman–Crippen MR) is 53.2 cm³/mol. The molecule has 0 saturated heterocycles. The number of rotatable bonds is 0. The third kappa shape index (κ3) is 0.966. The second-order valence-electron chi connectivity index (χ2n) is 2.90. The Morgan fingerprint density at radius 1 is 1.42 bits per heavy atom. The quantitative estimate of drug-likeness (QED) is 0.673. The molecule has 0 fully saturated rings. The highest BCUT2D eigenvalue weighted by Gasteiger charge is 2.04. The number of benzene rings is 1. The summed E-state index contributed by atoms with van der Waals surface area (Å²) >= 11 is 3.49. The standard InChI is InChI=1S/C9H9BrN2/c1-6-7(10)3-4-8-9(6)12(2)5-11-8/h3-5H,1-2H3. The number of hydrogen-bond donors (Lipinski definition) is 0. The Morgan fingerprint density at radius 2 is 2.17 bits per heavy atom. The number of aromatic nitrogens is 2. The number of aryl methyl sites for hydroxylation is 2. The van der Waals surface area contributed by atoms with Crippen molar-refractivity contribution >= 4 is 27.0 Å². The molecule has 0 aliphatic carbocycles. The van der Waals surface area contributed by atoms with Crippen LogP contribution in [0.1, 0.15) is 5.56 Å². The van der Waals surface area contributed by atoms with Crippen molar-refractivity contribution < 1.29 is 0 Å². The fraction of sp³-hybridized carbons (Fsp3) is 0.222. The molecule has 62 valence electrons. The van der Waals surface area contributed by atoms with Gasteiger partial charge in [0.1, 0.15) is 0 Å². The second-order valence-corrected chi connectivity index (χ2v) is 3.75. The lowest BCUT2D eigenvalue weighted by molar-refractivity contribution is 0.943. The molecule has 2 aromatic rings. The minimum absolute atomic E-state index is 1.05. The Labute approximate surface area is 79.3 Å². The zero-order chi connectivity index (χ0) is 8.72. The van der Waals surface area contributed by atoms with Crippen molar-refractivity contribution in [1.29, 1.82) is 0 Å². The molecule has 1 heterocycles. The summed E-state index contributed by atoms with van der Waals surface area (Å²) in [5.41, 5.74) is 3.50. The van der Waals surface area contributed by atoms with E-state index in [1.807, 2.05) is 30.1 Å². The molecule has 0 radical (unpaired) electrons. The number of nitrogens with zero attached hydrogens (tertiary/aromatic N) is 2. The van der Waals surface area contributed by atoms with Crippen LogP contribution in [0.25, 0.3) is 11.0 Å². The van der Waals surface area contributed by atoms with Gasteiger partial charge in [-0.3, -0.25) is 0 Å². The molecule has 0 bridgehead atoms. The van der Waals surface area contributed by atoms with E-state index < -0.39 is 0 Å². The van der Waals surface area contributed by atoms with Crippen molar-refractivity contribution in [1.82, 2.24) is 9.55 Å². The van der Waals surface area contributed by atoms with Crippen molar-refractivity contribution in [2.24, 2.45) is 7.05 Å². The van der Waals surface area contributed by atoms with Crippen LogP contribution < -0.4 is 0 Å². The molecule has 0 unspecified atom stereocenters. The summed E-state index contributed by atoms with van der Waals surface area (Å²) in [7, 11) is 2.01. The van der Waals surface area contributed by atoms with E-state index in [0.717, 1.165) is 9.99 Å². The molecule has 0 saturated carbocycles. The van der Waals surface area contributed by atoms with Gasteiger partial charge in [-0.1, -0.05) is 15.9 Å². The Morgan fingerprint density at radius 3 is 2.92 bits per heavy atom. The molecule has 0 atom stereocenters. The number of hydrogen-bond acceptors (Lipinski definition) is 1. The van der Waals surface area contributed by atoms with Gasteiger partial charge in [0.25, 0.3) is 0 Å². The average molecular weight is 225 g/mol. The van der Waals surface area contributed by atoms with Crippen molar-refractivity contribution in [2.75, 3.05) is 0 Å². The summed E-state index contributed by atoms with van der Waals surface area (Å²) in [6, 6.07) is 4.05. The van der Waals surface area contributed by atoms with Crippen LogP contribution in [0.2, 0.25) is 0 Å². The molecule has 2 nitrogen and oxygen atoms in total. The topological polar surface area (TPSA) is 17.8 Å². The van der Waals surface area contributed by atoms with Crippen LogP contribution in [0.3, 0.4) is 0 Å². The van der Waals surface area contributed by atoms with E-state index in [1.54, 1.807) is 0 Å². The lowest BCUT2D eigenvalue weighted by atomic mass is 10.2. The number of fused-ring (bicyclic) bond motifs is 1. The van der Waals surface area contributed by atoms with Crippen molar-refractivity contribution in [3.8, 4) is 0 Å². The largest absolute Gasteiger partial charge is 0.333 e. The molecule has 2 rings (SSSR count). The number of halogens is 1. The Bertz CT molecular complexity index is 431. The second kappa shape index (κ2) is 2.59. The first-order valence-electron chi connectivity index (χ1n) is 3.76. The molecule has 12 heavy (non-hydrogen) atoms. The Kier molecular flexibility index (Phi) is 1.68. The van der Waals surface area contributed by atoms with Gasteiger partial charge in [0.15, 0.2) is 0 Å². The third-order valence-corrected chi connectivity index (χ3v) is 2.93. The minimum atomic E-state index is 1.05. The van der Waals surface area contributed by atoms with Crippen molar-refractivity contribution in [3.05, 3.63) is 28.5 Å². The Hall–Kier alpha value is -0.830.